The fourth-order valence-electron chi connectivity index (χ4n) is 2.61. The number of sulfonamides is 1. The van der Waals surface area contributed by atoms with Crippen molar-refractivity contribution < 1.29 is 8.42 Å². The van der Waals surface area contributed by atoms with Crippen LogP contribution in [0.2, 0.25) is 0 Å². The largest absolute Gasteiger partial charge is 0.257 e. The highest BCUT2D eigenvalue weighted by atomic mass is 32.2. The van der Waals surface area contributed by atoms with Crippen LogP contribution in [-0.4, -0.2) is 44.4 Å². The van der Waals surface area contributed by atoms with E-state index < -0.39 is 10.0 Å². The lowest BCUT2D eigenvalue weighted by molar-refractivity contribution is 0.606. The molecule has 0 saturated heterocycles. The summed E-state index contributed by atoms with van der Waals surface area (Å²) in [5, 5.41) is 4.05. The van der Waals surface area contributed by atoms with E-state index in [9.17, 15) is 8.42 Å². The van der Waals surface area contributed by atoms with Gasteiger partial charge in [-0.1, -0.05) is 54.6 Å². The summed E-state index contributed by atoms with van der Waals surface area (Å²) in [6.07, 6.45) is 2.21. The maximum atomic E-state index is 11.6. The van der Waals surface area contributed by atoms with Crippen LogP contribution in [0.3, 0.4) is 0 Å². The normalized spacial score (nSPS) is 11.1. The van der Waals surface area contributed by atoms with Crippen molar-refractivity contribution >= 4 is 21.7 Å². The second-order valence-electron chi connectivity index (χ2n) is 6.18. The summed E-state index contributed by atoms with van der Waals surface area (Å²) in [6, 6.07) is 16.1. The van der Waals surface area contributed by atoms with Gasteiger partial charge in [-0.2, -0.15) is 24.7 Å². The molecule has 0 saturated carbocycles. The molecule has 4 aromatic rings. The molecule has 0 aliphatic heterocycles. The third-order valence-electron chi connectivity index (χ3n) is 3.92. The molecule has 2 heterocycles. The lowest BCUT2D eigenvalue weighted by atomic mass is 10.2. The summed E-state index contributed by atoms with van der Waals surface area (Å²) < 4.78 is 26.8. The lowest BCUT2D eigenvalue weighted by Gasteiger charge is -2.09. The van der Waals surface area contributed by atoms with Crippen LogP contribution in [0.4, 0.5) is 11.6 Å². The highest BCUT2D eigenvalue weighted by Crippen LogP contribution is 2.24. The molecule has 0 aliphatic rings. The van der Waals surface area contributed by atoms with E-state index in [2.05, 4.69) is 34.6 Å². The molecule has 11 heteroatoms. The number of nitrogens with one attached hydrogen (secondary N) is 1. The molecule has 0 radical (unpaired) electrons. The molecule has 2 aromatic heterocycles. The van der Waals surface area contributed by atoms with Crippen molar-refractivity contribution in [3.63, 3.8) is 0 Å². The summed E-state index contributed by atoms with van der Waals surface area (Å²) in [5.41, 5.74) is 1.91. The van der Waals surface area contributed by atoms with Gasteiger partial charge in [0.2, 0.25) is 16.0 Å². The number of rotatable bonds is 5. The maximum Gasteiger partial charge on any atom is 0.257 e. The van der Waals surface area contributed by atoms with Crippen LogP contribution in [0.25, 0.3) is 33.6 Å². The van der Waals surface area contributed by atoms with Crippen molar-refractivity contribution in [2.24, 2.45) is 0 Å². The molecule has 0 atom stereocenters. The monoisotopic (exact) mass is 418 g/mol. The summed E-state index contributed by atoms with van der Waals surface area (Å²) >= 11 is 0. The third kappa shape index (κ3) is 4.13. The SMILES string of the molecule is [C-]#[N+]c1ccc(-c2nc(-c3ccccc3)nc(-n3ncnc3NS(C)(=O)=O)n2)cc1. The minimum Gasteiger partial charge on any atom is -0.251 e. The number of nitrogens with zero attached hydrogens (tertiary/aromatic N) is 7. The Morgan fingerprint density at radius 3 is 2.17 bits per heavy atom. The average Bonchev–Trinajstić information content (AvgIpc) is 3.20. The molecular weight excluding hydrogens is 404 g/mol. The number of hydrogen-bond acceptors (Lipinski definition) is 7. The Morgan fingerprint density at radius 1 is 0.933 bits per heavy atom. The van der Waals surface area contributed by atoms with Gasteiger partial charge in [0.25, 0.3) is 5.95 Å². The molecule has 30 heavy (non-hydrogen) atoms. The van der Waals surface area contributed by atoms with Gasteiger partial charge in [-0.25, -0.2) is 18.2 Å². The van der Waals surface area contributed by atoms with Crippen molar-refractivity contribution in [3.8, 4) is 28.7 Å². The Kier molecular flexibility index (Phi) is 4.91. The molecular formula is C19H14N8O2S. The fraction of sp³-hybridized carbons (Fsp3) is 0.0526. The number of aromatic nitrogens is 6. The number of benzene rings is 2. The summed E-state index contributed by atoms with van der Waals surface area (Å²) in [4.78, 5) is 20.8. The van der Waals surface area contributed by atoms with Crippen molar-refractivity contribution in [2.75, 3.05) is 11.0 Å². The van der Waals surface area contributed by atoms with E-state index in [1.807, 2.05) is 30.3 Å². The van der Waals surface area contributed by atoms with Crippen LogP contribution in [0.5, 0.6) is 0 Å². The minimum atomic E-state index is -3.58. The van der Waals surface area contributed by atoms with Crippen LogP contribution in [0.1, 0.15) is 0 Å². The number of hydrogen-bond donors (Lipinski definition) is 1. The second kappa shape index (κ2) is 7.69. The molecule has 0 unspecified atom stereocenters. The molecule has 0 aliphatic carbocycles. The molecule has 1 N–H and O–H groups in total. The van der Waals surface area contributed by atoms with Gasteiger partial charge < -0.3 is 0 Å². The quantitative estimate of drug-likeness (QED) is 0.495. The first kappa shape index (κ1) is 19.2. The Balaban J connectivity index is 1.89. The Morgan fingerprint density at radius 2 is 1.57 bits per heavy atom. The Hall–Kier alpha value is -4.17. The molecule has 2 aromatic carbocycles. The predicted octanol–water partition coefficient (Wildman–Crippen LogP) is 2.71. The van der Waals surface area contributed by atoms with Crippen molar-refractivity contribution in [3.05, 3.63) is 72.3 Å². The summed E-state index contributed by atoms with van der Waals surface area (Å²) in [6.45, 7) is 7.10. The van der Waals surface area contributed by atoms with Gasteiger partial charge in [-0.15, -0.1) is 0 Å². The van der Waals surface area contributed by atoms with Crippen LogP contribution in [-0.2, 0) is 10.0 Å². The highest BCUT2D eigenvalue weighted by molar-refractivity contribution is 7.92. The van der Waals surface area contributed by atoms with Gasteiger partial charge in [0.15, 0.2) is 17.3 Å². The van der Waals surface area contributed by atoms with E-state index in [0.717, 1.165) is 11.8 Å². The zero-order chi connectivity index (χ0) is 21.1. The Bertz CT molecular complexity index is 1340. The minimum absolute atomic E-state index is 0.0444. The molecule has 10 nitrogen and oxygen atoms in total. The first-order chi connectivity index (χ1) is 14.4. The topological polar surface area (TPSA) is 120 Å². The van der Waals surface area contributed by atoms with Gasteiger partial charge in [0, 0.05) is 11.1 Å². The van der Waals surface area contributed by atoms with Gasteiger partial charge in [-0.05, 0) is 0 Å². The summed E-state index contributed by atoms with van der Waals surface area (Å²) in [5.74, 6) is 0.774. The van der Waals surface area contributed by atoms with Crippen LogP contribution in [0.15, 0.2) is 60.9 Å². The predicted molar refractivity (Wildman–Crippen MR) is 110 cm³/mol. The number of anilines is 1. The third-order valence-corrected chi connectivity index (χ3v) is 4.48. The molecule has 0 bridgehead atoms. The van der Waals surface area contributed by atoms with Crippen molar-refractivity contribution in [2.45, 2.75) is 0 Å². The zero-order valence-electron chi connectivity index (χ0n) is 15.6. The highest BCUT2D eigenvalue weighted by Gasteiger charge is 2.17. The molecule has 4 rings (SSSR count). The van der Waals surface area contributed by atoms with E-state index in [1.165, 1.54) is 11.0 Å². The standard InChI is InChI=1S/C19H14N8O2S/c1-20-15-10-8-14(9-11-15)17-23-16(13-6-4-3-5-7-13)24-19(25-17)27-18(21-12-22-27)26-30(2,28)29/h3-12H,2H3,(H,21,22,26). The second-order valence-corrected chi connectivity index (χ2v) is 7.93. The fourth-order valence-corrected chi connectivity index (χ4v) is 3.08. The van der Waals surface area contributed by atoms with E-state index in [0.29, 0.717) is 22.9 Å². The Labute approximate surface area is 172 Å². The lowest BCUT2D eigenvalue weighted by Crippen LogP contribution is -2.16. The van der Waals surface area contributed by atoms with Crippen molar-refractivity contribution in [1.82, 2.24) is 29.7 Å². The summed E-state index contributed by atoms with van der Waals surface area (Å²) in [7, 11) is -3.58. The van der Waals surface area contributed by atoms with Crippen LogP contribution < -0.4 is 4.72 Å². The van der Waals surface area contributed by atoms with Gasteiger partial charge in [0.05, 0.1) is 12.8 Å². The van der Waals surface area contributed by atoms with Gasteiger partial charge >= 0.3 is 0 Å². The van der Waals surface area contributed by atoms with Gasteiger partial charge in [0.1, 0.15) is 6.33 Å². The van der Waals surface area contributed by atoms with Gasteiger partial charge in [-0.3, -0.25) is 4.72 Å². The van der Waals surface area contributed by atoms with E-state index in [-0.39, 0.29) is 11.9 Å². The van der Waals surface area contributed by atoms with E-state index in [4.69, 9.17) is 6.57 Å². The smallest absolute Gasteiger partial charge is 0.251 e. The van der Waals surface area contributed by atoms with Crippen molar-refractivity contribution in [1.29, 1.82) is 0 Å². The first-order valence-electron chi connectivity index (χ1n) is 8.60. The average molecular weight is 418 g/mol. The van der Waals surface area contributed by atoms with E-state index in [1.54, 1.807) is 24.3 Å². The molecule has 0 spiro atoms. The molecule has 148 valence electrons. The van der Waals surface area contributed by atoms with Crippen LogP contribution in [0, 0.1) is 6.57 Å². The zero-order valence-corrected chi connectivity index (χ0v) is 16.4. The maximum absolute atomic E-state index is 11.6. The first-order valence-corrected chi connectivity index (χ1v) is 10.5. The molecule has 0 amide bonds. The van der Waals surface area contributed by atoms with Crippen LogP contribution >= 0.6 is 0 Å². The van der Waals surface area contributed by atoms with E-state index >= 15 is 0 Å². The molecule has 0 fully saturated rings.